The van der Waals surface area contributed by atoms with Crippen LogP contribution in [0.25, 0.3) is 0 Å². The molecule has 0 aliphatic carbocycles. The van der Waals surface area contributed by atoms with Crippen LogP contribution in [0.3, 0.4) is 0 Å². The third kappa shape index (κ3) is 4.69. The molecular weight excluding hydrogens is 309 g/mol. The summed E-state index contributed by atoms with van der Waals surface area (Å²) in [6.45, 7) is 3.97. The molecule has 7 heteroatoms. The van der Waals surface area contributed by atoms with Crippen LogP contribution in [-0.2, 0) is 10.0 Å². The van der Waals surface area contributed by atoms with E-state index in [1.54, 1.807) is 6.07 Å². The van der Waals surface area contributed by atoms with Gasteiger partial charge in [-0.1, -0.05) is 37.0 Å². The summed E-state index contributed by atoms with van der Waals surface area (Å²) in [5.41, 5.74) is 1.96. The molecule has 0 aliphatic heterocycles. The van der Waals surface area contributed by atoms with Gasteiger partial charge in [0.15, 0.2) is 0 Å². The molecule has 4 nitrogen and oxygen atoms in total. The fourth-order valence-electron chi connectivity index (χ4n) is 1.46. The van der Waals surface area contributed by atoms with Crippen LogP contribution in [0.5, 0.6) is 5.75 Å². The zero-order valence-corrected chi connectivity index (χ0v) is 12.9. The molecule has 0 heterocycles. The van der Waals surface area contributed by atoms with E-state index in [4.69, 9.17) is 33.1 Å². The maximum Gasteiger partial charge on any atom is 0.238 e. The molecule has 0 unspecified atom stereocenters. The van der Waals surface area contributed by atoms with Gasteiger partial charge in [0.05, 0.1) is 9.93 Å². The molecule has 0 radical (unpaired) electrons. The second-order valence-corrected chi connectivity index (χ2v) is 6.51. The summed E-state index contributed by atoms with van der Waals surface area (Å²) in [5.74, 6) is 0.634. The molecule has 0 amide bonds. The maximum absolute atomic E-state index is 11.3. The Labute approximate surface area is 123 Å². The van der Waals surface area contributed by atoms with Crippen molar-refractivity contribution in [3.8, 4) is 5.75 Å². The van der Waals surface area contributed by atoms with Crippen molar-refractivity contribution in [2.75, 3.05) is 6.61 Å². The minimum absolute atomic E-state index is 0.0579. The van der Waals surface area contributed by atoms with Crippen LogP contribution in [-0.4, -0.2) is 15.0 Å². The van der Waals surface area contributed by atoms with Gasteiger partial charge in [-0.15, -0.1) is 0 Å². The summed E-state index contributed by atoms with van der Waals surface area (Å²) in [6.07, 6.45) is 0. The number of halogens is 2. The number of benzene rings is 1. The molecule has 2 N–H and O–H groups in total. The molecule has 1 aromatic carbocycles. The molecule has 0 bridgehead atoms. The van der Waals surface area contributed by atoms with Gasteiger partial charge < -0.3 is 4.74 Å². The number of ether oxygens (including phenoxy) is 1. The monoisotopic (exact) mass is 323 g/mol. The highest BCUT2D eigenvalue weighted by Gasteiger charge is 2.14. The standard InChI is InChI=1S/C12H15Cl2NO3S/c1-8(2)11-5-10(19(15,16)17)3-4-12(11)18-7-9(14)6-13/h3-6,8H,7H2,1-2H3,(H2,15,16,17)/b9-6-. The second-order valence-electron chi connectivity index (χ2n) is 4.24. The first-order chi connectivity index (χ1) is 8.75. The Morgan fingerprint density at radius 3 is 2.58 bits per heavy atom. The third-order valence-electron chi connectivity index (χ3n) is 2.42. The molecule has 0 aliphatic rings. The van der Waals surface area contributed by atoms with Gasteiger partial charge >= 0.3 is 0 Å². The smallest absolute Gasteiger partial charge is 0.238 e. The van der Waals surface area contributed by atoms with E-state index in [0.717, 1.165) is 5.56 Å². The molecule has 0 atom stereocenters. The lowest BCUT2D eigenvalue weighted by molar-refractivity contribution is 0.353. The van der Waals surface area contributed by atoms with E-state index in [9.17, 15) is 8.42 Å². The first-order valence-corrected chi connectivity index (χ1v) is 7.86. The zero-order chi connectivity index (χ0) is 14.6. The molecule has 0 aromatic heterocycles. The average Bonchev–Trinajstić information content (AvgIpc) is 2.34. The predicted octanol–water partition coefficient (Wildman–Crippen LogP) is 3.16. The van der Waals surface area contributed by atoms with Crippen molar-refractivity contribution in [3.05, 3.63) is 34.3 Å². The normalized spacial score (nSPS) is 12.8. The average molecular weight is 324 g/mol. The summed E-state index contributed by atoms with van der Waals surface area (Å²) in [6, 6.07) is 4.47. The molecule has 0 saturated heterocycles. The number of nitrogens with two attached hydrogens (primary N) is 1. The number of rotatable bonds is 5. The van der Waals surface area contributed by atoms with Gasteiger partial charge in [0.2, 0.25) is 10.0 Å². The van der Waals surface area contributed by atoms with E-state index in [0.29, 0.717) is 10.8 Å². The van der Waals surface area contributed by atoms with E-state index in [1.807, 2.05) is 13.8 Å². The molecule has 106 valence electrons. The topological polar surface area (TPSA) is 69.4 Å². The lowest BCUT2D eigenvalue weighted by atomic mass is 10.0. The molecular formula is C12H15Cl2NO3S. The fraction of sp³-hybridized carbons (Fsp3) is 0.333. The fourth-order valence-corrected chi connectivity index (χ4v) is 2.13. The Bertz CT molecular complexity index is 583. The highest BCUT2D eigenvalue weighted by atomic mass is 35.5. The van der Waals surface area contributed by atoms with Crippen molar-refractivity contribution in [3.63, 3.8) is 0 Å². The highest BCUT2D eigenvalue weighted by Crippen LogP contribution is 2.29. The van der Waals surface area contributed by atoms with Gasteiger partial charge in [0.1, 0.15) is 12.4 Å². The maximum atomic E-state index is 11.3. The number of primary sulfonamides is 1. The van der Waals surface area contributed by atoms with E-state index in [1.165, 1.54) is 17.7 Å². The van der Waals surface area contributed by atoms with E-state index >= 15 is 0 Å². The largest absolute Gasteiger partial charge is 0.488 e. The lowest BCUT2D eigenvalue weighted by Gasteiger charge is -2.14. The molecule has 1 aromatic rings. The van der Waals surface area contributed by atoms with Crippen molar-refractivity contribution in [1.29, 1.82) is 0 Å². The lowest BCUT2D eigenvalue weighted by Crippen LogP contribution is -2.13. The Morgan fingerprint density at radius 1 is 1.47 bits per heavy atom. The Morgan fingerprint density at radius 2 is 2.11 bits per heavy atom. The Balaban J connectivity index is 3.12. The van der Waals surface area contributed by atoms with Crippen LogP contribution in [0.4, 0.5) is 0 Å². The van der Waals surface area contributed by atoms with Crippen LogP contribution in [0.15, 0.2) is 33.7 Å². The van der Waals surface area contributed by atoms with Crippen molar-refractivity contribution in [2.45, 2.75) is 24.7 Å². The number of hydrogen-bond donors (Lipinski definition) is 1. The van der Waals surface area contributed by atoms with Crippen LogP contribution < -0.4 is 9.88 Å². The zero-order valence-electron chi connectivity index (χ0n) is 10.6. The van der Waals surface area contributed by atoms with Crippen LogP contribution in [0.1, 0.15) is 25.3 Å². The number of hydrogen-bond acceptors (Lipinski definition) is 3. The molecule has 0 saturated carbocycles. The highest BCUT2D eigenvalue weighted by molar-refractivity contribution is 7.89. The van der Waals surface area contributed by atoms with Gasteiger partial charge in [0, 0.05) is 5.54 Å². The quantitative estimate of drug-likeness (QED) is 0.904. The Hall–Kier alpha value is -0.750. The second kappa shape index (κ2) is 6.61. The van der Waals surface area contributed by atoms with Crippen molar-refractivity contribution >= 4 is 33.2 Å². The van der Waals surface area contributed by atoms with Crippen LogP contribution >= 0.6 is 23.2 Å². The van der Waals surface area contributed by atoms with Crippen LogP contribution in [0.2, 0.25) is 0 Å². The Kier molecular flexibility index (Phi) is 5.67. The van der Waals surface area contributed by atoms with Gasteiger partial charge in [-0.05, 0) is 29.7 Å². The van der Waals surface area contributed by atoms with Crippen LogP contribution in [0, 0.1) is 0 Å². The predicted molar refractivity (Wildman–Crippen MR) is 77.2 cm³/mol. The van der Waals surface area contributed by atoms with Gasteiger partial charge in [-0.3, -0.25) is 0 Å². The van der Waals surface area contributed by atoms with Gasteiger partial charge in [0.25, 0.3) is 0 Å². The van der Waals surface area contributed by atoms with Gasteiger partial charge in [-0.25, -0.2) is 13.6 Å². The van der Waals surface area contributed by atoms with Gasteiger partial charge in [-0.2, -0.15) is 0 Å². The van der Waals surface area contributed by atoms with E-state index in [2.05, 4.69) is 0 Å². The number of sulfonamides is 1. The third-order valence-corrected chi connectivity index (χ3v) is 3.92. The summed E-state index contributed by atoms with van der Waals surface area (Å²) in [5, 5.41) is 5.46. The van der Waals surface area contributed by atoms with Crippen molar-refractivity contribution in [1.82, 2.24) is 0 Å². The molecule has 0 spiro atoms. The summed E-state index contributed by atoms with van der Waals surface area (Å²) in [7, 11) is -3.73. The summed E-state index contributed by atoms with van der Waals surface area (Å²) < 4.78 is 28.1. The molecule has 0 fully saturated rings. The van der Waals surface area contributed by atoms with Crippen molar-refractivity contribution < 1.29 is 13.2 Å². The van der Waals surface area contributed by atoms with Crippen molar-refractivity contribution in [2.24, 2.45) is 5.14 Å². The van der Waals surface area contributed by atoms with E-state index in [-0.39, 0.29) is 17.4 Å². The minimum atomic E-state index is -3.73. The SMILES string of the molecule is CC(C)c1cc(S(N)(=O)=O)ccc1OC/C(Cl)=C/Cl. The first-order valence-electron chi connectivity index (χ1n) is 5.50. The van der Waals surface area contributed by atoms with E-state index < -0.39 is 10.0 Å². The molecule has 19 heavy (non-hydrogen) atoms. The first kappa shape index (κ1) is 16.3. The summed E-state index contributed by atoms with van der Waals surface area (Å²) >= 11 is 11.2. The minimum Gasteiger partial charge on any atom is -0.488 e. The summed E-state index contributed by atoms with van der Waals surface area (Å²) in [4.78, 5) is 0.0579. The molecule has 1 rings (SSSR count).